The summed E-state index contributed by atoms with van der Waals surface area (Å²) < 4.78 is 5.70. The van der Waals surface area contributed by atoms with E-state index in [0.717, 1.165) is 17.4 Å². The maximum absolute atomic E-state index is 11.5. The smallest absolute Gasteiger partial charge is 0.162 e. The zero-order valence-electron chi connectivity index (χ0n) is 15.2. The SMILES string of the molecule is C=CCOc1ccnc2sc(C=O)c(N=CNC(/C=C\C(C)C)=C/C)c12. The number of aldehydes is 1. The molecular weight excluding hydrogens is 346 g/mol. The molecule has 2 heterocycles. The van der Waals surface area contributed by atoms with Crippen molar-refractivity contribution in [3.8, 4) is 5.75 Å². The molecule has 0 saturated carbocycles. The van der Waals surface area contributed by atoms with E-state index in [1.54, 1.807) is 24.7 Å². The molecule has 0 atom stereocenters. The van der Waals surface area contributed by atoms with Crippen LogP contribution in [-0.2, 0) is 0 Å². The Hall–Kier alpha value is -2.73. The third kappa shape index (κ3) is 4.89. The summed E-state index contributed by atoms with van der Waals surface area (Å²) in [7, 11) is 0. The van der Waals surface area contributed by atoms with Crippen molar-refractivity contribution >= 4 is 39.9 Å². The molecule has 0 aliphatic carbocycles. The minimum absolute atomic E-state index is 0.371. The number of nitrogens with zero attached hydrogens (tertiary/aromatic N) is 2. The Morgan fingerprint density at radius 3 is 2.96 bits per heavy atom. The molecular formula is C20H23N3O2S. The first-order valence-electron chi connectivity index (χ1n) is 8.34. The van der Waals surface area contributed by atoms with Crippen molar-refractivity contribution in [2.75, 3.05) is 6.61 Å². The van der Waals surface area contributed by atoms with Crippen LogP contribution in [0.15, 0.2) is 53.8 Å². The van der Waals surface area contributed by atoms with E-state index >= 15 is 0 Å². The Labute approximate surface area is 157 Å². The Balaban J connectivity index is 2.35. The average Bonchev–Trinajstić information content (AvgIpc) is 3.01. The molecule has 0 aromatic carbocycles. The fourth-order valence-corrected chi connectivity index (χ4v) is 3.09. The molecule has 5 nitrogen and oxygen atoms in total. The number of pyridine rings is 1. The Kier molecular flexibility index (Phi) is 7.29. The van der Waals surface area contributed by atoms with Gasteiger partial charge in [0.05, 0.1) is 22.3 Å². The second-order valence-electron chi connectivity index (χ2n) is 5.77. The van der Waals surface area contributed by atoms with Gasteiger partial charge in [-0.05, 0) is 25.0 Å². The van der Waals surface area contributed by atoms with E-state index in [0.29, 0.717) is 33.7 Å². The summed E-state index contributed by atoms with van der Waals surface area (Å²) in [5.41, 5.74) is 1.49. The first-order valence-corrected chi connectivity index (χ1v) is 9.16. The molecule has 2 rings (SSSR count). The third-order valence-electron chi connectivity index (χ3n) is 3.42. The van der Waals surface area contributed by atoms with E-state index in [1.165, 1.54) is 11.3 Å². The lowest BCUT2D eigenvalue weighted by molar-refractivity contribution is 0.112. The number of carbonyl (C=O) groups excluding carboxylic acids is 1. The minimum atomic E-state index is 0.371. The van der Waals surface area contributed by atoms with Crippen LogP contribution < -0.4 is 10.1 Å². The zero-order chi connectivity index (χ0) is 18.9. The molecule has 0 aliphatic rings. The van der Waals surface area contributed by atoms with Crippen LogP contribution in [0.5, 0.6) is 5.75 Å². The molecule has 136 valence electrons. The highest BCUT2D eigenvalue weighted by atomic mass is 32.1. The van der Waals surface area contributed by atoms with Gasteiger partial charge in [0.15, 0.2) is 6.29 Å². The number of fused-ring (bicyclic) bond motifs is 1. The van der Waals surface area contributed by atoms with E-state index in [-0.39, 0.29) is 0 Å². The molecule has 0 spiro atoms. The molecule has 0 saturated heterocycles. The molecule has 2 aromatic rings. The van der Waals surface area contributed by atoms with Crippen molar-refractivity contribution in [3.05, 3.63) is 53.7 Å². The Morgan fingerprint density at radius 1 is 1.50 bits per heavy atom. The topological polar surface area (TPSA) is 63.6 Å². The van der Waals surface area contributed by atoms with Gasteiger partial charge in [0.2, 0.25) is 0 Å². The van der Waals surface area contributed by atoms with Crippen LogP contribution >= 0.6 is 11.3 Å². The third-order valence-corrected chi connectivity index (χ3v) is 4.43. The van der Waals surface area contributed by atoms with E-state index in [9.17, 15) is 4.79 Å². The maximum Gasteiger partial charge on any atom is 0.162 e. The number of aromatic nitrogens is 1. The predicted molar refractivity (Wildman–Crippen MR) is 110 cm³/mol. The van der Waals surface area contributed by atoms with Crippen molar-refractivity contribution < 1.29 is 9.53 Å². The number of hydrogen-bond donors (Lipinski definition) is 1. The Bertz CT molecular complexity index is 863. The van der Waals surface area contributed by atoms with Crippen molar-refractivity contribution in [1.82, 2.24) is 10.3 Å². The van der Waals surface area contributed by atoms with Crippen LogP contribution in [0.2, 0.25) is 0 Å². The summed E-state index contributed by atoms with van der Waals surface area (Å²) in [5.74, 6) is 1.10. The van der Waals surface area contributed by atoms with E-state index < -0.39 is 0 Å². The van der Waals surface area contributed by atoms with Crippen LogP contribution in [0, 0.1) is 5.92 Å². The number of nitrogens with one attached hydrogen (secondary N) is 1. The lowest BCUT2D eigenvalue weighted by Crippen LogP contribution is -2.08. The minimum Gasteiger partial charge on any atom is -0.489 e. The number of allylic oxidation sites excluding steroid dienone is 3. The Morgan fingerprint density at radius 2 is 2.31 bits per heavy atom. The van der Waals surface area contributed by atoms with Gasteiger partial charge in [-0.1, -0.05) is 38.7 Å². The number of rotatable bonds is 9. The van der Waals surface area contributed by atoms with E-state index in [2.05, 4.69) is 41.8 Å². The highest BCUT2D eigenvalue weighted by molar-refractivity contribution is 7.20. The van der Waals surface area contributed by atoms with Gasteiger partial charge in [0.25, 0.3) is 0 Å². The standard InChI is InChI=1S/C20H23N3O2S/c1-5-11-25-16-9-10-21-20-18(16)19(17(12-24)26-20)23-13-22-15(6-2)8-7-14(3)4/h5-10,12-14H,1,11H2,2-4H3,(H,22,23)/b8-7-,15-6+. The van der Waals surface area contributed by atoms with Crippen molar-refractivity contribution in [1.29, 1.82) is 0 Å². The van der Waals surface area contributed by atoms with E-state index in [4.69, 9.17) is 4.74 Å². The largest absolute Gasteiger partial charge is 0.489 e. The van der Waals surface area contributed by atoms with Gasteiger partial charge in [-0.15, -0.1) is 11.3 Å². The van der Waals surface area contributed by atoms with Gasteiger partial charge in [0.1, 0.15) is 17.2 Å². The molecule has 0 fully saturated rings. The number of hydrogen-bond acceptors (Lipinski definition) is 5. The molecule has 0 amide bonds. The lowest BCUT2D eigenvalue weighted by atomic mass is 10.2. The van der Waals surface area contributed by atoms with Crippen molar-refractivity contribution in [2.24, 2.45) is 10.9 Å². The maximum atomic E-state index is 11.5. The lowest BCUT2D eigenvalue weighted by Gasteiger charge is -2.05. The van der Waals surface area contributed by atoms with Gasteiger partial charge < -0.3 is 10.1 Å². The van der Waals surface area contributed by atoms with Crippen molar-refractivity contribution in [3.63, 3.8) is 0 Å². The molecule has 1 N–H and O–H groups in total. The summed E-state index contributed by atoms with van der Waals surface area (Å²) in [5, 5.41) is 3.87. The molecule has 0 bridgehead atoms. The molecule has 2 aromatic heterocycles. The predicted octanol–water partition coefficient (Wildman–Crippen LogP) is 5.04. The second-order valence-corrected chi connectivity index (χ2v) is 6.80. The van der Waals surface area contributed by atoms with E-state index in [1.807, 2.05) is 19.1 Å². The molecule has 0 aliphatic heterocycles. The molecule has 0 radical (unpaired) electrons. The van der Waals surface area contributed by atoms with Gasteiger partial charge in [-0.3, -0.25) is 4.79 Å². The van der Waals surface area contributed by atoms with Gasteiger partial charge >= 0.3 is 0 Å². The summed E-state index contributed by atoms with van der Waals surface area (Å²) in [6.07, 6.45) is 11.8. The van der Waals surface area contributed by atoms with Crippen molar-refractivity contribution in [2.45, 2.75) is 20.8 Å². The first kappa shape index (κ1) is 19.6. The van der Waals surface area contributed by atoms with Gasteiger partial charge in [-0.2, -0.15) is 0 Å². The second kappa shape index (κ2) is 9.68. The summed E-state index contributed by atoms with van der Waals surface area (Å²) >= 11 is 1.30. The first-order chi connectivity index (χ1) is 12.6. The average molecular weight is 369 g/mol. The van der Waals surface area contributed by atoms with Crippen LogP contribution in [-0.4, -0.2) is 24.2 Å². The molecule has 6 heteroatoms. The highest BCUT2D eigenvalue weighted by Gasteiger charge is 2.16. The quantitative estimate of drug-likeness (QED) is 0.221. The van der Waals surface area contributed by atoms with Crippen LogP contribution in [0.25, 0.3) is 10.2 Å². The number of thiophene rings is 1. The molecule has 0 unspecified atom stereocenters. The van der Waals surface area contributed by atoms with Gasteiger partial charge in [0, 0.05) is 11.9 Å². The fraction of sp³-hybridized carbons (Fsp3) is 0.250. The van der Waals surface area contributed by atoms with Gasteiger partial charge in [-0.25, -0.2) is 9.98 Å². The highest BCUT2D eigenvalue weighted by Crippen LogP contribution is 2.41. The molecule has 26 heavy (non-hydrogen) atoms. The number of ether oxygens (including phenoxy) is 1. The number of aliphatic imine (C=N–C) groups is 1. The monoisotopic (exact) mass is 369 g/mol. The van der Waals surface area contributed by atoms with Crippen LogP contribution in [0.3, 0.4) is 0 Å². The van der Waals surface area contributed by atoms with Crippen LogP contribution in [0.4, 0.5) is 5.69 Å². The fourth-order valence-electron chi connectivity index (χ4n) is 2.17. The normalized spacial score (nSPS) is 12.4. The summed E-state index contributed by atoms with van der Waals surface area (Å²) in [4.78, 5) is 21.5. The summed E-state index contributed by atoms with van der Waals surface area (Å²) in [6.45, 7) is 10.2. The zero-order valence-corrected chi connectivity index (χ0v) is 16.0. The summed E-state index contributed by atoms with van der Waals surface area (Å²) in [6, 6.07) is 1.77. The van der Waals surface area contributed by atoms with Crippen LogP contribution in [0.1, 0.15) is 30.4 Å². The number of carbonyl (C=O) groups is 1.